The molecule has 0 aromatic heterocycles. The average molecular weight is 360 g/mol. The van der Waals surface area contributed by atoms with E-state index in [1.807, 2.05) is 13.8 Å². The molecular formula is C20H24O6. The highest BCUT2D eigenvalue weighted by Gasteiger charge is 2.75. The van der Waals surface area contributed by atoms with Crippen molar-refractivity contribution in [2.45, 2.75) is 45.3 Å². The zero-order valence-corrected chi connectivity index (χ0v) is 14.9. The molecular weight excluding hydrogens is 336 g/mol. The summed E-state index contributed by atoms with van der Waals surface area (Å²) in [6.45, 7) is 7.48. The largest absolute Gasteiger partial charge is 0.515 e. The van der Waals surface area contributed by atoms with Gasteiger partial charge in [0.25, 0.3) is 0 Å². The smallest absolute Gasteiger partial charge is 0.178 e. The number of carbonyl (C=O) groups is 3. The van der Waals surface area contributed by atoms with Gasteiger partial charge in [-0.2, -0.15) is 0 Å². The fraction of sp³-hybridized carbons (Fsp3) is 0.650. The SMILES string of the molecule is C=C1C(=O)C23C(=O)C(O)C4C(C(=O)/C(=C\O)CC4(C)C)C2CCC1C3O. The lowest BCUT2D eigenvalue weighted by Gasteiger charge is -2.57. The lowest BCUT2D eigenvalue weighted by atomic mass is 9.44. The number of aliphatic hydroxyl groups excluding tert-OH is 3. The van der Waals surface area contributed by atoms with Gasteiger partial charge in [0, 0.05) is 23.3 Å². The van der Waals surface area contributed by atoms with Gasteiger partial charge in [-0.1, -0.05) is 20.4 Å². The van der Waals surface area contributed by atoms with Crippen molar-refractivity contribution in [1.82, 2.24) is 0 Å². The van der Waals surface area contributed by atoms with Gasteiger partial charge in [-0.05, 0) is 36.2 Å². The molecule has 140 valence electrons. The van der Waals surface area contributed by atoms with Crippen LogP contribution in [0.25, 0.3) is 0 Å². The fourth-order valence-corrected chi connectivity index (χ4v) is 6.42. The van der Waals surface area contributed by atoms with E-state index in [0.29, 0.717) is 12.8 Å². The molecule has 0 radical (unpaired) electrons. The molecule has 2 bridgehead atoms. The summed E-state index contributed by atoms with van der Waals surface area (Å²) < 4.78 is 0. The van der Waals surface area contributed by atoms with E-state index in [2.05, 4.69) is 6.58 Å². The molecule has 4 saturated carbocycles. The summed E-state index contributed by atoms with van der Waals surface area (Å²) in [6.07, 6.45) is -0.780. The minimum absolute atomic E-state index is 0.222. The van der Waals surface area contributed by atoms with Crippen LogP contribution in [-0.4, -0.2) is 44.9 Å². The van der Waals surface area contributed by atoms with Crippen molar-refractivity contribution in [2.24, 2.45) is 34.5 Å². The molecule has 4 rings (SSSR count). The van der Waals surface area contributed by atoms with Gasteiger partial charge < -0.3 is 15.3 Å². The number of carbonyl (C=O) groups excluding carboxylic acids is 3. The molecule has 6 nitrogen and oxygen atoms in total. The maximum Gasteiger partial charge on any atom is 0.178 e. The second kappa shape index (κ2) is 5.14. The summed E-state index contributed by atoms with van der Waals surface area (Å²) >= 11 is 0. The molecule has 0 amide bonds. The first kappa shape index (κ1) is 17.6. The highest BCUT2D eigenvalue weighted by atomic mass is 16.3. The van der Waals surface area contributed by atoms with Crippen LogP contribution in [0.5, 0.6) is 0 Å². The Hall–Kier alpha value is -1.79. The Morgan fingerprint density at radius 3 is 2.42 bits per heavy atom. The molecule has 0 heterocycles. The number of allylic oxidation sites excluding steroid dienone is 1. The zero-order valence-electron chi connectivity index (χ0n) is 14.9. The minimum Gasteiger partial charge on any atom is -0.515 e. The molecule has 4 aliphatic rings. The first-order valence-electron chi connectivity index (χ1n) is 9.12. The Kier molecular flexibility index (Phi) is 3.48. The van der Waals surface area contributed by atoms with Crippen LogP contribution in [0.1, 0.15) is 33.1 Å². The van der Waals surface area contributed by atoms with E-state index in [-0.39, 0.29) is 23.4 Å². The highest BCUT2D eigenvalue weighted by molar-refractivity contribution is 6.20. The zero-order chi connectivity index (χ0) is 19.2. The quantitative estimate of drug-likeness (QED) is 0.339. The van der Waals surface area contributed by atoms with Crippen molar-refractivity contribution in [2.75, 3.05) is 0 Å². The van der Waals surface area contributed by atoms with Crippen LogP contribution in [0.3, 0.4) is 0 Å². The van der Waals surface area contributed by atoms with E-state index in [9.17, 15) is 29.7 Å². The summed E-state index contributed by atoms with van der Waals surface area (Å²) in [5.41, 5.74) is -1.91. The number of fused-ring (bicyclic) bond motifs is 3. The standard InChI is InChI=1S/C20H24O6/c1-8-10-4-5-11-12-13(19(2,3)6-9(7-21)14(12)22)15(23)18(26)20(11,16(8)24)17(10)25/h7,10-13,15,17,21,23,25H,1,4-6H2,2-3H3/b9-7-. The van der Waals surface area contributed by atoms with Crippen molar-refractivity contribution in [1.29, 1.82) is 0 Å². The van der Waals surface area contributed by atoms with Crippen LogP contribution in [0.15, 0.2) is 24.0 Å². The second-order valence-electron chi connectivity index (χ2n) is 9.00. The third-order valence-electron chi connectivity index (χ3n) is 7.50. The van der Waals surface area contributed by atoms with E-state index >= 15 is 0 Å². The van der Waals surface area contributed by atoms with Crippen LogP contribution < -0.4 is 0 Å². The summed E-state index contributed by atoms with van der Waals surface area (Å²) in [5, 5.41) is 31.3. The van der Waals surface area contributed by atoms with Gasteiger partial charge in [-0.15, -0.1) is 0 Å². The van der Waals surface area contributed by atoms with Crippen LogP contribution >= 0.6 is 0 Å². The van der Waals surface area contributed by atoms with Gasteiger partial charge in [-0.25, -0.2) is 0 Å². The minimum atomic E-state index is -1.77. The monoisotopic (exact) mass is 360 g/mol. The number of rotatable bonds is 0. The number of ketones is 3. The first-order valence-corrected chi connectivity index (χ1v) is 9.12. The van der Waals surface area contributed by atoms with Gasteiger partial charge in [0.05, 0.1) is 12.4 Å². The number of Topliss-reactive ketones (excluding diaryl/α,β-unsaturated/α-hetero) is 3. The first-order chi connectivity index (χ1) is 12.1. The van der Waals surface area contributed by atoms with Crippen LogP contribution in [0, 0.1) is 34.5 Å². The van der Waals surface area contributed by atoms with Gasteiger partial charge in [0.2, 0.25) is 0 Å². The van der Waals surface area contributed by atoms with Crippen molar-refractivity contribution in [3.63, 3.8) is 0 Å². The predicted octanol–water partition coefficient (Wildman–Crippen LogP) is 1.12. The molecule has 4 fully saturated rings. The van der Waals surface area contributed by atoms with E-state index < -0.39 is 58.3 Å². The Morgan fingerprint density at radius 1 is 1.15 bits per heavy atom. The summed E-state index contributed by atoms with van der Waals surface area (Å²) in [6, 6.07) is 0. The van der Waals surface area contributed by atoms with Crippen LogP contribution in [0.4, 0.5) is 0 Å². The Morgan fingerprint density at radius 2 is 1.81 bits per heavy atom. The van der Waals surface area contributed by atoms with Gasteiger partial charge in [0.15, 0.2) is 17.3 Å². The van der Waals surface area contributed by atoms with Crippen molar-refractivity contribution >= 4 is 17.3 Å². The molecule has 0 aromatic carbocycles. The molecule has 0 saturated heterocycles. The number of hydrogen-bond acceptors (Lipinski definition) is 6. The topological polar surface area (TPSA) is 112 Å². The molecule has 1 spiro atoms. The Balaban J connectivity index is 1.95. The van der Waals surface area contributed by atoms with E-state index in [1.165, 1.54) is 0 Å². The third kappa shape index (κ3) is 1.72. The number of aliphatic hydroxyl groups is 3. The van der Waals surface area contributed by atoms with Crippen LogP contribution in [0.2, 0.25) is 0 Å². The Labute approximate surface area is 151 Å². The van der Waals surface area contributed by atoms with Crippen molar-refractivity contribution in [3.8, 4) is 0 Å². The molecule has 7 atom stereocenters. The summed E-state index contributed by atoms with van der Waals surface area (Å²) in [4.78, 5) is 39.4. The molecule has 0 aromatic rings. The van der Waals surface area contributed by atoms with E-state index in [0.717, 1.165) is 6.26 Å². The van der Waals surface area contributed by atoms with Gasteiger partial charge in [-0.3, -0.25) is 14.4 Å². The van der Waals surface area contributed by atoms with E-state index in [1.54, 1.807) is 0 Å². The predicted molar refractivity (Wildman–Crippen MR) is 90.9 cm³/mol. The lowest BCUT2D eigenvalue weighted by Crippen LogP contribution is -2.68. The third-order valence-corrected chi connectivity index (χ3v) is 7.50. The molecule has 7 unspecified atom stereocenters. The van der Waals surface area contributed by atoms with Gasteiger partial charge in [0.1, 0.15) is 11.5 Å². The lowest BCUT2D eigenvalue weighted by molar-refractivity contribution is -0.189. The maximum atomic E-state index is 13.3. The van der Waals surface area contributed by atoms with Gasteiger partial charge >= 0.3 is 0 Å². The van der Waals surface area contributed by atoms with Crippen molar-refractivity contribution < 1.29 is 29.7 Å². The molecule has 3 N–H and O–H groups in total. The molecule has 26 heavy (non-hydrogen) atoms. The normalized spacial score (nSPS) is 48.5. The number of hydrogen-bond donors (Lipinski definition) is 3. The van der Waals surface area contributed by atoms with Crippen LogP contribution in [-0.2, 0) is 14.4 Å². The van der Waals surface area contributed by atoms with E-state index in [4.69, 9.17) is 0 Å². The highest BCUT2D eigenvalue weighted by Crippen LogP contribution is 2.65. The molecule has 0 aliphatic heterocycles. The molecule has 6 heteroatoms. The summed E-state index contributed by atoms with van der Waals surface area (Å²) in [5.74, 6) is -4.12. The Bertz CT molecular complexity index is 777. The second-order valence-corrected chi connectivity index (χ2v) is 9.00. The van der Waals surface area contributed by atoms with Crippen molar-refractivity contribution in [3.05, 3.63) is 24.0 Å². The average Bonchev–Trinajstić information content (AvgIpc) is 2.69. The molecule has 4 aliphatic carbocycles. The maximum absolute atomic E-state index is 13.3. The summed E-state index contributed by atoms with van der Waals surface area (Å²) in [7, 11) is 0. The fourth-order valence-electron chi connectivity index (χ4n) is 6.42.